The smallest absolute Gasteiger partial charge is 0.236 e. The fraction of sp³-hybridized carbons (Fsp3) is 0.550. The third kappa shape index (κ3) is 5.90. The molecule has 1 aromatic rings. The lowest BCUT2D eigenvalue weighted by molar-refractivity contribution is -0.132. The van der Waals surface area contributed by atoms with Crippen LogP contribution in [0.4, 0.5) is 0 Å². The minimum Gasteiger partial charge on any atom is -0.481 e. The van der Waals surface area contributed by atoms with Crippen molar-refractivity contribution >= 4 is 5.91 Å². The van der Waals surface area contributed by atoms with Gasteiger partial charge in [-0.3, -0.25) is 9.69 Å². The summed E-state index contributed by atoms with van der Waals surface area (Å²) in [6.07, 6.45) is 11.3. The number of carbonyl (C=O) groups excluding carboxylic acids is 1. The van der Waals surface area contributed by atoms with Crippen LogP contribution in [-0.4, -0.2) is 49.0 Å². The number of hydrogen-bond donors (Lipinski definition) is 0. The van der Waals surface area contributed by atoms with Gasteiger partial charge in [0.2, 0.25) is 5.91 Å². The van der Waals surface area contributed by atoms with Gasteiger partial charge in [-0.2, -0.15) is 0 Å². The Bertz CT molecular complexity index is 557. The summed E-state index contributed by atoms with van der Waals surface area (Å²) in [6, 6.07) is 7.84. The minimum atomic E-state index is 0.224. The molecule has 130 valence electrons. The summed E-state index contributed by atoms with van der Waals surface area (Å²) >= 11 is 0. The molecular formula is C20H28N2O2. The van der Waals surface area contributed by atoms with Crippen LogP contribution in [0.5, 0.6) is 5.75 Å². The minimum absolute atomic E-state index is 0.224. The van der Waals surface area contributed by atoms with Gasteiger partial charge in [-0.25, -0.2) is 0 Å². The number of ether oxygens (including phenoxy) is 1. The number of benzene rings is 1. The molecule has 0 saturated carbocycles. The van der Waals surface area contributed by atoms with Gasteiger partial charge in [0.1, 0.15) is 12.4 Å². The number of carbonyl (C=O) groups is 1. The van der Waals surface area contributed by atoms with Crippen molar-refractivity contribution in [1.82, 2.24) is 9.80 Å². The molecule has 0 bridgehead atoms. The predicted octanol–water partition coefficient (Wildman–Crippen LogP) is 2.92. The number of hydrogen-bond acceptors (Lipinski definition) is 3. The summed E-state index contributed by atoms with van der Waals surface area (Å²) in [7, 11) is 1.97. The Kier molecular flexibility index (Phi) is 7.64. The molecule has 1 aliphatic heterocycles. The maximum atomic E-state index is 12.5. The number of para-hydroxylation sites is 1. The first-order valence-electron chi connectivity index (χ1n) is 8.81. The lowest BCUT2D eigenvalue weighted by Gasteiger charge is -2.27. The van der Waals surface area contributed by atoms with E-state index in [-0.39, 0.29) is 12.5 Å². The van der Waals surface area contributed by atoms with E-state index in [1.807, 2.05) is 41.1 Å². The highest BCUT2D eigenvalue weighted by Crippen LogP contribution is 2.19. The number of likely N-dealkylation sites (tertiary alicyclic amines) is 1. The summed E-state index contributed by atoms with van der Waals surface area (Å²) in [5.74, 6) is 3.50. The van der Waals surface area contributed by atoms with E-state index >= 15 is 0 Å². The number of nitrogens with zero attached hydrogens (tertiary/aromatic N) is 2. The van der Waals surface area contributed by atoms with Crippen LogP contribution in [0.25, 0.3) is 0 Å². The summed E-state index contributed by atoms with van der Waals surface area (Å²) in [4.78, 5) is 16.6. The topological polar surface area (TPSA) is 32.8 Å². The first-order chi connectivity index (χ1) is 11.7. The summed E-state index contributed by atoms with van der Waals surface area (Å²) in [5.41, 5.74) is 1.05. The molecule has 0 aliphatic carbocycles. The molecule has 4 heteroatoms. The largest absolute Gasteiger partial charge is 0.481 e. The van der Waals surface area contributed by atoms with Crippen LogP contribution in [0.15, 0.2) is 24.3 Å². The molecule has 24 heavy (non-hydrogen) atoms. The van der Waals surface area contributed by atoms with Crippen molar-refractivity contribution in [3.63, 3.8) is 0 Å². The van der Waals surface area contributed by atoms with Crippen molar-refractivity contribution in [1.29, 1.82) is 0 Å². The standard InChI is InChI=1S/C20H28N2O2/c1-3-15-24-19-12-8-7-11-18(19)16-21(2)17-20(23)22-13-9-5-4-6-10-14-22/h1,7-8,11-12H,4-6,9-10,13-17H2,2H3. The van der Waals surface area contributed by atoms with Crippen LogP contribution in [-0.2, 0) is 11.3 Å². The van der Waals surface area contributed by atoms with Gasteiger partial charge < -0.3 is 9.64 Å². The van der Waals surface area contributed by atoms with E-state index in [4.69, 9.17) is 11.2 Å². The van der Waals surface area contributed by atoms with Crippen molar-refractivity contribution in [3.8, 4) is 18.1 Å². The van der Waals surface area contributed by atoms with Gasteiger partial charge >= 0.3 is 0 Å². The highest BCUT2D eigenvalue weighted by molar-refractivity contribution is 5.78. The van der Waals surface area contributed by atoms with E-state index in [1.165, 1.54) is 19.3 Å². The second-order valence-corrected chi connectivity index (χ2v) is 6.42. The average Bonchev–Trinajstić information content (AvgIpc) is 2.53. The van der Waals surface area contributed by atoms with Crippen molar-refractivity contribution in [2.45, 2.75) is 38.6 Å². The second kappa shape index (κ2) is 10.00. The summed E-state index contributed by atoms with van der Waals surface area (Å²) in [6.45, 7) is 3.15. The molecule has 1 aromatic carbocycles. The van der Waals surface area contributed by atoms with Crippen LogP contribution in [0.1, 0.15) is 37.7 Å². The zero-order valence-corrected chi connectivity index (χ0v) is 14.7. The van der Waals surface area contributed by atoms with E-state index in [9.17, 15) is 4.79 Å². The molecule has 4 nitrogen and oxygen atoms in total. The molecule has 0 aromatic heterocycles. The molecule has 0 atom stereocenters. The van der Waals surface area contributed by atoms with E-state index in [0.29, 0.717) is 13.1 Å². The zero-order valence-electron chi connectivity index (χ0n) is 14.7. The quantitative estimate of drug-likeness (QED) is 0.753. The van der Waals surface area contributed by atoms with Crippen molar-refractivity contribution < 1.29 is 9.53 Å². The Morgan fingerprint density at radius 2 is 1.88 bits per heavy atom. The van der Waals surface area contributed by atoms with E-state index < -0.39 is 0 Å². The van der Waals surface area contributed by atoms with E-state index in [2.05, 4.69) is 5.92 Å². The first kappa shape index (κ1) is 18.4. The number of terminal acetylenes is 1. The van der Waals surface area contributed by atoms with Crippen LogP contribution in [0.2, 0.25) is 0 Å². The third-order valence-corrected chi connectivity index (χ3v) is 4.34. The maximum absolute atomic E-state index is 12.5. The average molecular weight is 328 g/mol. The van der Waals surface area contributed by atoms with Gasteiger partial charge in [-0.05, 0) is 26.0 Å². The SMILES string of the molecule is C#CCOc1ccccc1CN(C)CC(=O)N1CCCCCCC1. The Hall–Kier alpha value is -1.99. The third-order valence-electron chi connectivity index (χ3n) is 4.34. The molecule has 1 amide bonds. The Morgan fingerprint density at radius 1 is 1.21 bits per heavy atom. The number of amides is 1. The molecule has 0 spiro atoms. The van der Waals surface area contributed by atoms with Crippen LogP contribution in [0, 0.1) is 12.3 Å². The van der Waals surface area contributed by atoms with Gasteiger partial charge in [0, 0.05) is 25.2 Å². The van der Waals surface area contributed by atoms with Crippen LogP contribution < -0.4 is 4.74 Å². The molecule has 1 heterocycles. The monoisotopic (exact) mass is 328 g/mol. The van der Waals surface area contributed by atoms with Gasteiger partial charge in [-0.15, -0.1) is 6.42 Å². The Balaban J connectivity index is 1.89. The molecule has 0 radical (unpaired) electrons. The normalized spacial score (nSPS) is 15.5. The van der Waals surface area contributed by atoms with Gasteiger partial charge in [0.25, 0.3) is 0 Å². The highest BCUT2D eigenvalue weighted by atomic mass is 16.5. The molecule has 1 fully saturated rings. The van der Waals surface area contributed by atoms with E-state index in [0.717, 1.165) is 37.2 Å². The second-order valence-electron chi connectivity index (χ2n) is 6.42. The van der Waals surface area contributed by atoms with Gasteiger partial charge in [0.05, 0.1) is 6.54 Å². The van der Waals surface area contributed by atoms with Crippen molar-refractivity contribution in [3.05, 3.63) is 29.8 Å². The predicted molar refractivity (Wildman–Crippen MR) is 96.8 cm³/mol. The molecular weight excluding hydrogens is 300 g/mol. The summed E-state index contributed by atoms with van der Waals surface area (Å²) in [5, 5.41) is 0. The lowest BCUT2D eigenvalue weighted by Crippen LogP contribution is -2.40. The molecule has 0 unspecified atom stereocenters. The highest BCUT2D eigenvalue weighted by Gasteiger charge is 2.17. The first-order valence-corrected chi connectivity index (χ1v) is 8.81. The van der Waals surface area contributed by atoms with Crippen LogP contribution in [0.3, 0.4) is 0 Å². The van der Waals surface area contributed by atoms with Crippen molar-refractivity contribution in [2.75, 3.05) is 33.3 Å². The molecule has 1 saturated heterocycles. The lowest BCUT2D eigenvalue weighted by atomic mass is 10.1. The molecule has 2 rings (SSSR count). The number of rotatable bonds is 6. The van der Waals surface area contributed by atoms with Gasteiger partial charge in [-0.1, -0.05) is 43.4 Å². The Labute approximate surface area is 145 Å². The van der Waals surface area contributed by atoms with Crippen molar-refractivity contribution in [2.24, 2.45) is 0 Å². The van der Waals surface area contributed by atoms with Gasteiger partial charge in [0.15, 0.2) is 0 Å². The maximum Gasteiger partial charge on any atom is 0.236 e. The zero-order chi connectivity index (χ0) is 17.2. The summed E-state index contributed by atoms with van der Waals surface area (Å²) < 4.78 is 5.58. The fourth-order valence-electron chi connectivity index (χ4n) is 3.07. The molecule has 1 aliphatic rings. The van der Waals surface area contributed by atoms with E-state index in [1.54, 1.807) is 0 Å². The number of likely N-dealkylation sites (N-methyl/N-ethyl adjacent to an activating group) is 1. The molecule has 0 N–H and O–H groups in total. The fourth-order valence-corrected chi connectivity index (χ4v) is 3.07. The van der Waals surface area contributed by atoms with Crippen LogP contribution >= 0.6 is 0 Å². The Morgan fingerprint density at radius 3 is 2.58 bits per heavy atom.